The lowest BCUT2D eigenvalue weighted by atomic mass is 10.2. The SMILES string of the molecule is CC1=NC=CCC1=O. The molecule has 1 aliphatic heterocycles. The third-order valence-corrected chi connectivity index (χ3v) is 1.08. The Morgan fingerprint density at radius 1 is 1.75 bits per heavy atom. The minimum absolute atomic E-state index is 0.132. The highest BCUT2D eigenvalue weighted by atomic mass is 16.1. The summed E-state index contributed by atoms with van der Waals surface area (Å²) in [4.78, 5) is 14.4. The lowest BCUT2D eigenvalue weighted by Crippen LogP contribution is -2.09. The first-order valence-electron chi connectivity index (χ1n) is 2.53. The molecule has 0 saturated heterocycles. The lowest BCUT2D eigenvalue weighted by molar-refractivity contribution is -0.112. The van der Waals surface area contributed by atoms with Gasteiger partial charge in [-0.15, -0.1) is 0 Å². The van der Waals surface area contributed by atoms with Crippen LogP contribution in [-0.2, 0) is 4.79 Å². The number of nitrogens with zero attached hydrogens (tertiary/aromatic N) is 1. The molecule has 2 nitrogen and oxygen atoms in total. The molecule has 1 heterocycles. The number of carbonyl (C=O) groups is 1. The summed E-state index contributed by atoms with van der Waals surface area (Å²) in [6, 6.07) is 0. The summed E-state index contributed by atoms with van der Waals surface area (Å²) in [6.07, 6.45) is 3.95. The molecule has 0 atom stereocenters. The zero-order valence-corrected chi connectivity index (χ0v) is 4.72. The maximum Gasteiger partial charge on any atom is 0.180 e. The molecular formula is C6H7NO. The second-order valence-corrected chi connectivity index (χ2v) is 1.73. The smallest absolute Gasteiger partial charge is 0.180 e. The van der Waals surface area contributed by atoms with Gasteiger partial charge in [-0.3, -0.25) is 9.79 Å². The van der Waals surface area contributed by atoms with Crippen molar-refractivity contribution >= 4 is 11.5 Å². The Labute approximate surface area is 47.9 Å². The lowest BCUT2D eigenvalue weighted by Gasteiger charge is -1.97. The average Bonchev–Trinajstić information content (AvgIpc) is 1.77. The molecule has 0 bridgehead atoms. The summed E-state index contributed by atoms with van der Waals surface area (Å²) < 4.78 is 0. The fraction of sp³-hybridized carbons (Fsp3) is 0.333. The maximum absolute atomic E-state index is 10.6. The van der Waals surface area contributed by atoms with E-state index in [0.717, 1.165) is 0 Å². The first-order chi connectivity index (χ1) is 3.80. The Morgan fingerprint density at radius 2 is 2.50 bits per heavy atom. The molecule has 0 saturated carbocycles. The van der Waals surface area contributed by atoms with Crippen molar-refractivity contribution in [3.8, 4) is 0 Å². The van der Waals surface area contributed by atoms with E-state index in [4.69, 9.17) is 0 Å². The van der Waals surface area contributed by atoms with Crippen molar-refractivity contribution in [1.82, 2.24) is 0 Å². The van der Waals surface area contributed by atoms with Crippen LogP contribution in [0.1, 0.15) is 13.3 Å². The molecule has 2 heteroatoms. The number of aliphatic imine (C=N–C) groups is 1. The molecule has 0 aromatic carbocycles. The van der Waals surface area contributed by atoms with Gasteiger partial charge in [0.2, 0.25) is 0 Å². The van der Waals surface area contributed by atoms with Crippen LogP contribution in [0, 0.1) is 0 Å². The Bertz CT molecular complexity index is 167. The highest BCUT2D eigenvalue weighted by Gasteiger charge is 2.04. The quantitative estimate of drug-likeness (QED) is 0.455. The van der Waals surface area contributed by atoms with Gasteiger partial charge in [0.25, 0.3) is 0 Å². The maximum atomic E-state index is 10.6. The molecule has 0 fully saturated rings. The van der Waals surface area contributed by atoms with E-state index < -0.39 is 0 Å². The predicted molar refractivity (Wildman–Crippen MR) is 31.9 cm³/mol. The second-order valence-electron chi connectivity index (χ2n) is 1.73. The van der Waals surface area contributed by atoms with Gasteiger partial charge in [0.15, 0.2) is 5.78 Å². The van der Waals surface area contributed by atoms with Crippen LogP contribution >= 0.6 is 0 Å². The number of hydrogen-bond donors (Lipinski definition) is 0. The minimum Gasteiger partial charge on any atom is -0.292 e. The third-order valence-electron chi connectivity index (χ3n) is 1.08. The van der Waals surface area contributed by atoms with E-state index >= 15 is 0 Å². The van der Waals surface area contributed by atoms with Gasteiger partial charge in [0.1, 0.15) is 0 Å². The Balaban J connectivity index is 2.80. The molecule has 0 amide bonds. The van der Waals surface area contributed by atoms with Crippen LogP contribution in [0.15, 0.2) is 17.3 Å². The Hall–Kier alpha value is -0.920. The molecule has 1 rings (SSSR count). The van der Waals surface area contributed by atoms with Crippen LogP contribution in [0.4, 0.5) is 0 Å². The van der Waals surface area contributed by atoms with Crippen molar-refractivity contribution in [2.45, 2.75) is 13.3 Å². The van der Waals surface area contributed by atoms with Gasteiger partial charge < -0.3 is 0 Å². The average molecular weight is 109 g/mol. The number of allylic oxidation sites excluding steroid dienone is 1. The normalized spacial score (nSPS) is 18.6. The monoisotopic (exact) mass is 109 g/mol. The highest BCUT2D eigenvalue weighted by Crippen LogP contribution is 1.96. The number of ketones is 1. The van der Waals surface area contributed by atoms with Crippen molar-refractivity contribution in [2.75, 3.05) is 0 Å². The van der Waals surface area contributed by atoms with Crippen LogP contribution in [0.5, 0.6) is 0 Å². The van der Waals surface area contributed by atoms with Crippen LogP contribution < -0.4 is 0 Å². The van der Waals surface area contributed by atoms with E-state index in [-0.39, 0.29) is 5.78 Å². The molecule has 1 aliphatic rings. The molecule has 0 aromatic rings. The first-order valence-corrected chi connectivity index (χ1v) is 2.53. The predicted octanol–water partition coefficient (Wildman–Crippen LogP) is 0.934. The summed E-state index contributed by atoms with van der Waals surface area (Å²) in [6.45, 7) is 1.73. The van der Waals surface area contributed by atoms with Crippen molar-refractivity contribution in [2.24, 2.45) is 4.99 Å². The van der Waals surface area contributed by atoms with Gasteiger partial charge in [0.05, 0.1) is 5.71 Å². The fourth-order valence-corrected chi connectivity index (χ4v) is 0.544. The van der Waals surface area contributed by atoms with Crippen LogP contribution in [0.3, 0.4) is 0 Å². The highest BCUT2D eigenvalue weighted by molar-refractivity contribution is 6.39. The summed E-state index contributed by atoms with van der Waals surface area (Å²) in [5, 5.41) is 0. The summed E-state index contributed by atoms with van der Waals surface area (Å²) in [5.41, 5.74) is 0.618. The van der Waals surface area contributed by atoms with Crippen molar-refractivity contribution in [1.29, 1.82) is 0 Å². The van der Waals surface area contributed by atoms with Crippen LogP contribution in [0.2, 0.25) is 0 Å². The molecule has 0 aliphatic carbocycles. The molecule has 0 N–H and O–H groups in total. The Morgan fingerprint density at radius 3 is 2.88 bits per heavy atom. The van der Waals surface area contributed by atoms with E-state index in [2.05, 4.69) is 4.99 Å². The van der Waals surface area contributed by atoms with Crippen LogP contribution in [0.25, 0.3) is 0 Å². The van der Waals surface area contributed by atoms with Gasteiger partial charge >= 0.3 is 0 Å². The summed E-state index contributed by atoms with van der Waals surface area (Å²) >= 11 is 0. The van der Waals surface area contributed by atoms with E-state index in [0.29, 0.717) is 12.1 Å². The van der Waals surface area contributed by atoms with E-state index in [1.165, 1.54) is 0 Å². The standard InChI is InChI=1S/C6H7NO/c1-5-6(8)3-2-4-7-5/h2,4H,3H2,1H3. The van der Waals surface area contributed by atoms with E-state index in [9.17, 15) is 4.79 Å². The van der Waals surface area contributed by atoms with Crippen molar-refractivity contribution in [3.63, 3.8) is 0 Å². The largest absolute Gasteiger partial charge is 0.292 e. The summed E-state index contributed by atoms with van der Waals surface area (Å²) in [7, 11) is 0. The van der Waals surface area contributed by atoms with Gasteiger partial charge in [-0.25, -0.2) is 0 Å². The van der Waals surface area contributed by atoms with Crippen LogP contribution in [-0.4, -0.2) is 11.5 Å². The third kappa shape index (κ3) is 0.832. The number of rotatable bonds is 0. The van der Waals surface area contributed by atoms with Crippen molar-refractivity contribution < 1.29 is 4.79 Å². The number of carbonyl (C=O) groups excluding carboxylic acids is 1. The molecule has 0 spiro atoms. The molecule has 0 aromatic heterocycles. The zero-order valence-electron chi connectivity index (χ0n) is 4.72. The van der Waals surface area contributed by atoms with Gasteiger partial charge in [-0.05, 0) is 6.92 Å². The molecule has 42 valence electrons. The van der Waals surface area contributed by atoms with E-state index in [1.54, 1.807) is 19.2 Å². The number of hydrogen-bond acceptors (Lipinski definition) is 2. The first kappa shape index (κ1) is 5.22. The van der Waals surface area contributed by atoms with Gasteiger partial charge in [0, 0.05) is 12.6 Å². The van der Waals surface area contributed by atoms with Crippen molar-refractivity contribution in [3.05, 3.63) is 12.3 Å². The molecule has 0 unspecified atom stereocenters. The molecular weight excluding hydrogens is 102 g/mol. The number of Topliss-reactive ketones (excluding diaryl/α,β-unsaturated/α-hetero) is 1. The van der Waals surface area contributed by atoms with E-state index in [1.807, 2.05) is 0 Å². The second kappa shape index (κ2) is 1.90. The van der Waals surface area contributed by atoms with Gasteiger partial charge in [-0.1, -0.05) is 6.08 Å². The zero-order chi connectivity index (χ0) is 5.98. The summed E-state index contributed by atoms with van der Waals surface area (Å²) in [5.74, 6) is 0.132. The minimum atomic E-state index is 0.132. The topological polar surface area (TPSA) is 29.4 Å². The molecule has 8 heavy (non-hydrogen) atoms. The van der Waals surface area contributed by atoms with Gasteiger partial charge in [-0.2, -0.15) is 0 Å². The Kier molecular flexibility index (Phi) is 1.24. The fourth-order valence-electron chi connectivity index (χ4n) is 0.544. The molecule has 0 radical (unpaired) electrons.